The van der Waals surface area contributed by atoms with Crippen LogP contribution >= 0.6 is 0 Å². The molecule has 0 aliphatic carbocycles. The summed E-state index contributed by atoms with van der Waals surface area (Å²) in [7, 11) is 0. The molecule has 0 aliphatic rings. The average Bonchev–Trinajstić information content (AvgIpc) is 2.67. The van der Waals surface area contributed by atoms with E-state index in [2.05, 4.69) is 15.2 Å². The molecule has 0 saturated carbocycles. The highest BCUT2D eigenvalue weighted by atomic mass is 16.4. The van der Waals surface area contributed by atoms with Crippen molar-refractivity contribution in [1.82, 2.24) is 15.2 Å². The fourth-order valence-electron chi connectivity index (χ4n) is 1.12. The minimum atomic E-state index is -0.125. The third kappa shape index (κ3) is 2.03. The maximum atomic E-state index is 5.55. The average molecular weight is 203 g/mol. The number of aromatic nitrogens is 3. The summed E-state index contributed by atoms with van der Waals surface area (Å²) in [4.78, 5) is 4.15. The van der Waals surface area contributed by atoms with Gasteiger partial charge in [-0.1, -0.05) is 26.8 Å². The molecule has 0 fully saturated rings. The van der Waals surface area contributed by atoms with E-state index in [-0.39, 0.29) is 5.41 Å². The lowest BCUT2D eigenvalue weighted by Gasteiger charge is -2.10. The largest absolute Gasteiger partial charge is 0.419 e. The minimum absolute atomic E-state index is 0.125. The number of hydrogen-bond acceptors (Lipinski definition) is 4. The van der Waals surface area contributed by atoms with Crippen molar-refractivity contribution in [1.29, 1.82) is 0 Å². The van der Waals surface area contributed by atoms with Gasteiger partial charge in [0.2, 0.25) is 5.89 Å². The van der Waals surface area contributed by atoms with Gasteiger partial charge in [-0.3, -0.25) is 4.98 Å². The molecule has 0 unspecified atom stereocenters. The Labute approximate surface area is 88.4 Å². The Morgan fingerprint density at radius 3 is 2.47 bits per heavy atom. The van der Waals surface area contributed by atoms with Crippen molar-refractivity contribution in [3.05, 3.63) is 30.3 Å². The highest BCUT2D eigenvalue weighted by Gasteiger charge is 2.21. The molecule has 4 heteroatoms. The molecule has 78 valence electrons. The van der Waals surface area contributed by atoms with Crippen LogP contribution in [-0.4, -0.2) is 15.2 Å². The highest BCUT2D eigenvalue weighted by molar-refractivity contribution is 5.45. The summed E-state index contributed by atoms with van der Waals surface area (Å²) < 4.78 is 5.55. The summed E-state index contributed by atoms with van der Waals surface area (Å²) in [5.41, 5.74) is 0.584. The molecule has 0 spiro atoms. The molecule has 0 bridgehead atoms. The fraction of sp³-hybridized carbons (Fsp3) is 0.364. The topological polar surface area (TPSA) is 51.8 Å². The quantitative estimate of drug-likeness (QED) is 0.714. The molecule has 2 rings (SSSR count). The van der Waals surface area contributed by atoms with Gasteiger partial charge in [0.1, 0.15) is 5.69 Å². The summed E-state index contributed by atoms with van der Waals surface area (Å²) in [6.45, 7) is 6.09. The summed E-state index contributed by atoms with van der Waals surface area (Å²) in [6, 6.07) is 5.59. The van der Waals surface area contributed by atoms with E-state index in [1.165, 1.54) is 0 Å². The van der Waals surface area contributed by atoms with Crippen LogP contribution < -0.4 is 0 Å². The van der Waals surface area contributed by atoms with Gasteiger partial charge in [0, 0.05) is 11.6 Å². The van der Waals surface area contributed by atoms with Crippen LogP contribution in [0.2, 0.25) is 0 Å². The van der Waals surface area contributed by atoms with Crippen LogP contribution in [0.25, 0.3) is 11.6 Å². The summed E-state index contributed by atoms with van der Waals surface area (Å²) in [5.74, 6) is 1.10. The molecular formula is C11H13N3O. The van der Waals surface area contributed by atoms with E-state index in [1.54, 1.807) is 6.20 Å². The third-order valence-corrected chi connectivity index (χ3v) is 1.95. The Balaban J connectivity index is 2.37. The van der Waals surface area contributed by atoms with E-state index in [9.17, 15) is 0 Å². The Morgan fingerprint density at radius 1 is 1.13 bits per heavy atom. The Hall–Kier alpha value is -1.71. The molecule has 0 aliphatic heterocycles. The second-order valence-electron chi connectivity index (χ2n) is 4.38. The maximum absolute atomic E-state index is 5.55. The summed E-state index contributed by atoms with van der Waals surface area (Å²) in [5, 5.41) is 7.98. The van der Waals surface area contributed by atoms with Gasteiger partial charge >= 0.3 is 0 Å². The Kier molecular flexibility index (Phi) is 2.26. The van der Waals surface area contributed by atoms with E-state index in [0.29, 0.717) is 17.5 Å². The molecule has 15 heavy (non-hydrogen) atoms. The van der Waals surface area contributed by atoms with Crippen molar-refractivity contribution >= 4 is 0 Å². The first kappa shape index (κ1) is 9.83. The van der Waals surface area contributed by atoms with Crippen LogP contribution in [0.4, 0.5) is 0 Å². The molecule has 0 atom stereocenters. The predicted molar refractivity (Wildman–Crippen MR) is 56.2 cm³/mol. The molecule has 2 aromatic heterocycles. The van der Waals surface area contributed by atoms with E-state index >= 15 is 0 Å². The van der Waals surface area contributed by atoms with Gasteiger partial charge in [-0.05, 0) is 12.1 Å². The number of hydrogen-bond donors (Lipinski definition) is 0. The standard InChI is InChI=1S/C11H13N3O/c1-11(2,3)10-14-13-9(15-10)8-6-4-5-7-12-8/h4-7H,1-3H3. The molecule has 0 saturated heterocycles. The van der Waals surface area contributed by atoms with Gasteiger partial charge < -0.3 is 4.42 Å². The second-order valence-corrected chi connectivity index (χ2v) is 4.38. The minimum Gasteiger partial charge on any atom is -0.419 e. The van der Waals surface area contributed by atoms with E-state index in [0.717, 1.165) is 0 Å². The van der Waals surface area contributed by atoms with Crippen molar-refractivity contribution in [2.45, 2.75) is 26.2 Å². The van der Waals surface area contributed by atoms with E-state index in [4.69, 9.17) is 4.42 Å². The van der Waals surface area contributed by atoms with Crippen LogP contribution in [0.1, 0.15) is 26.7 Å². The lowest BCUT2D eigenvalue weighted by Crippen LogP contribution is -2.11. The summed E-state index contributed by atoms with van der Waals surface area (Å²) in [6.07, 6.45) is 1.70. The first-order chi connectivity index (χ1) is 7.07. The van der Waals surface area contributed by atoms with Crippen molar-refractivity contribution in [3.63, 3.8) is 0 Å². The molecule has 0 radical (unpaired) electrons. The van der Waals surface area contributed by atoms with Crippen molar-refractivity contribution in [3.8, 4) is 11.6 Å². The molecule has 4 nitrogen and oxygen atoms in total. The highest BCUT2D eigenvalue weighted by Crippen LogP contribution is 2.23. The molecular weight excluding hydrogens is 190 g/mol. The fourth-order valence-corrected chi connectivity index (χ4v) is 1.12. The Bertz CT molecular complexity index is 442. The first-order valence-electron chi connectivity index (χ1n) is 4.83. The predicted octanol–water partition coefficient (Wildman–Crippen LogP) is 2.43. The van der Waals surface area contributed by atoms with Crippen LogP contribution in [-0.2, 0) is 5.41 Å². The Morgan fingerprint density at radius 2 is 1.93 bits per heavy atom. The molecule has 2 aromatic rings. The number of rotatable bonds is 1. The molecule has 0 N–H and O–H groups in total. The monoisotopic (exact) mass is 203 g/mol. The zero-order valence-corrected chi connectivity index (χ0v) is 9.06. The number of nitrogens with zero attached hydrogens (tertiary/aromatic N) is 3. The molecule has 0 aromatic carbocycles. The van der Waals surface area contributed by atoms with Gasteiger partial charge in [-0.15, -0.1) is 10.2 Å². The summed E-state index contributed by atoms with van der Waals surface area (Å²) >= 11 is 0. The van der Waals surface area contributed by atoms with Crippen LogP contribution in [0.3, 0.4) is 0 Å². The third-order valence-electron chi connectivity index (χ3n) is 1.95. The van der Waals surface area contributed by atoms with Crippen LogP contribution in [0, 0.1) is 0 Å². The van der Waals surface area contributed by atoms with Gasteiger partial charge in [0.05, 0.1) is 0 Å². The van der Waals surface area contributed by atoms with Crippen molar-refractivity contribution in [2.24, 2.45) is 0 Å². The van der Waals surface area contributed by atoms with Gasteiger partial charge in [-0.2, -0.15) is 0 Å². The SMILES string of the molecule is CC(C)(C)c1nnc(-c2ccccn2)o1. The first-order valence-corrected chi connectivity index (χ1v) is 4.83. The van der Waals surface area contributed by atoms with Crippen LogP contribution in [0.5, 0.6) is 0 Å². The smallest absolute Gasteiger partial charge is 0.266 e. The zero-order chi connectivity index (χ0) is 10.9. The van der Waals surface area contributed by atoms with Gasteiger partial charge in [0.15, 0.2) is 0 Å². The zero-order valence-electron chi connectivity index (χ0n) is 9.06. The number of pyridine rings is 1. The lowest BCUT2D eigenvalue weighted by atomic mass is 9.97. The second kappa shape index (κ2) is 3.46. The molecule has 0 amide bonds. The molecule has 2 heterocycles. The van der Waals surface area contributed by atoms with Crippen LogP contribution in [0.15, 0.2) is 28.8 Å². The van der Waals surface area contributed by atoms with Gasteiger partial charge in [-0.25, -0.2) is 0 Å². The van der Waals surface area contributed by atoms with Gasteiger partial charge in [0.25, 0.3) is 5.89 Å². The maximum Gasteiger partial charge on any atom is 0.266 e. The van der Waals surface area contributed by atoms with Crippen molar-refractivity contribution < 1.29 is 4.42 Å². The van der Waals surface area contributed by atoms with E-state index in [1.807, 2.05) is 39.0 Å². The van der Waals surface area contributed by atoms with Crippen molar-refractivity contribution in [2.75, 3.05) is 0 Å². The lowest BCUT2D eigenvalue weighted by molar-refractivity contribution is 0.398. The normalized spacial score (nSPS) is 11.7. The van der Waals surface area contributed by atoms with E-state index < -0.39 is 0 Å².